The lowest BCUT2D eigenvalue weighted by molar-refractivity contribution is 0.484. The van der Waals surface area contributed by atoms with Crippen LogP contribution < -0.4 is 5.73 Å². The number of anilines is 1. The summed E-state index contributed by atoms with van der Waals surface area (Å²) in [7, 11) is -4.31. The van der Waals surface area contributed by atoms with Crippen molar-refractivity contribution in [2.24, 2.45) is 10.2 Å². The smallest absolute Gasteiger partial charge is 0.295 e. The lowest BCUT2D eigenvalue weighted by Crippen LogP contribution is -1.98. The summed E-state index contributed by atoms with van der Waals surface area (Å²) in [5.74, 6) is 0. The summed E-state index contributed by atoms with van der Waals surface area (Å²) in [5, 5.41) is 9.42. The average Bonchev–Trinajstić information content (AvgIpc) is 2.52. The van der Waals surface area contributed by atoms with Crippen molar-refractivity contribution in [1.29, 1.82) is 0 Å². The van der Waals surface area contributed by atoms with Crippen LogP contribution in [-0.4, -0.2) is 13.0 Å². The zero-order valence-corrected chi connectivity index (χ0v) is 13.7. The molecule has 6 nitrogen and oxygen atoms in total. The Kier molecular flexibility index (Phi) is 4.04. The first-order valence-corrected chi connectivity index (χ1v) is 8.57. The molecule has 3 aromatic rings. The van der Waals surface area contributed by atoms with Crippen LogP contribution in [0.3, 0.4) is 0 Å². The maximum Gasteiger partial charge on any atom is 0.295 e. The van der Waals surface area contributed by atoms with Gasteiger partial charge in [0.2, 0.25) is 0 Å². The number of benzene rings is 3. The van der Waals surface area contributed by atoms with Crippen LogP contribution in [0.5, 0.6) is 0 Å². The molecule has 3 rings (SSSR count). The van der Waals surface area contributed by atoms with Gasteiger partial charge >= 0.3 is 0 Å². The van der Waals surface area contributed by atoms with Gasteiger partial charge in [-0.1, -0.05) is 24.3 Å². The minimum Gasteiger partial charge on any atom is -0.399 e. The summed E-state index contributed by atoms with van der Waals surface area (Å²) in [6, 6.07) is 15.0. The maximum absolute atomic E-state index is 11.5. The summed E-state index contributed by atoms with van der Waals surface area (Å²) >= 11 is 0. The molecule has 3 aromatic carbocycles. The molecule has 0 heterocycles. The summed E-state index contributed by atoms with van der Waals surface area (Å²) in [5.41, 5.74) is 8.43. The summed E-state index contributed by atoms with van der Waals surface area (Å²) in [4.78, 5) is -0.152. The highest BCUT2D eigenvalue weighted by Gasteiger charge is 2.15. The first kappa shape index (κ1) is 16.1. The molecule has 0 bridgehead atoms. The standard InChI is InChI=1S/C17H15N3O3S/c1-11-10-12(18)6-7-15(11)19-20-16-8-9-17(24(21,22)23)14-5-3-2-4-13(14)16/h2-10H,18H2,1H3,(H,21,22,23)/b20-19+. The van der Waals surface area contributed by atoms with Gasteiger partial charge in [0.05, 0.1) is 11.4 Å². The summed E-state index contributed by atoms with van der Waals surface area (Å²) < 4.78 is 32.4. The van der Waals surface area contributed by atoms with Gasteiger partial charge in [0.25, 0.3) is 10.1 Å². The van der Waals surface area contributed by atoms with Crippen LogP contribution in [-0.2, 0) is 10.1 Å². The van der Waals surface area contributed by atoms with Crippen molar-refractivity contribution in [2.75, 3.05) is 5.73 Å². The van der Waals surface area contributed by atoms with Crippen molar-refractivity contribution >= 4 is 38.0 Å². The van der Waals surface area contributed by atoms with Crippen LogP contribution in [0.2, 0.25) is 0 Å². The molecule has 0 radical (unpaired) electrons. The summed E-state index contributed by atoms with van der Waals surface area (Å²) in [6.45, 7) is 1.88. The number of rotatable bonds is 3. The van der Waals surface area contributed by atoms with E-state index >= 15 is 0 Å². The second-order valence-electron chi connectivity index (χ2n) is 5.35. The maximum atomic E-state index is 11.5. The Morgan fingerprint density at radius 1 is 0.917 bits per heavy atom. The molecule has 0 unspecified atom stereocenters. The van der Waals surface area contributed by atoms with E-state index in [9.17, 15) is 13.0 Å². The van der Waals surface area contributed by atoms with Crippen molar-refractivity contribution in [1.82, 2.24) is 0 Å². The highest BCUT2D eigenvalue weighted by Crippen LogP contribution is 2.32. The number of aryl methyl sites for hydroxylation is 1. The van der Waals surface area contributed by atoms with E-state index in [0.29, 0.717) is 27.8 Å². The van der Waals surface area contributed by atoms with Gasteiger partial charge in [0.1, 0.15) is 4.90 Å². The predicted octanol–water partition coefficient (Wildman–Crippen LogP) is 4.39. The number of hydrogen-bond acceptors (Lipinski definition) is 5. The van der Waals surface area contributed by atoms with Crippen LogP contribution in [0, 0.1) is 6.92 Å². The van der Waals surface area contributed by atoms with Gasteiger partial charge in [0.15, 0.2) is 0 Å². The lowest BCUT2D eigenvalue weighted by atomic mass is 10.1. The van der Waals surface area contributed by atoms with Gasteiger partial charge in [-0.25, -0.2) is 0 Å². The third-order valence-corrected chi connectivity index (χ3v) is 4.54. The number of nitrogen functional groups attached to an aromatic ring is 1. The molecule has 0 spiro atoms. The molecular weight excluding hydrogens is 326 g/mol. The topological polar surface area (TPSA) is 105 Å². The van der Waals surface area contributed by atoms with Crippen LogP contribution in [0.15, 0.2) is 69.7 Å². The number of fused-ring (bicyclic) bond motifs is 1. The van der Waals surface area contributed by atoms with E-state index in [0.717, 1.165) is 5.56 Å². The van der Waals surface area contributed by atoms with E-state index < -0.39 is 10.1 Å². The monoisotopic (exact) mass is 341 g/mol. The Balaban J connectivity index is 2.13. The number of azo groups is 1. The number of nitrogens with zero attached hydrogens (tertiary/aromatic N) is 2. The molecule has 0 amide bonds. The lowest BCUT2D eigenvalue weighted by Gasteiger charge is -2.06. The fraction of sp³-hybridized carbons (Fsp3) is 0.0588. The van der Waals surface area contributed by atoms with Crippen molar-refractivity contribution in [3.63, 3.8) is 0 Å². The molecule has 0 aromatic heterocycles. The van der Waals surface area contributed by atoms with Gasteiger partial charge < -0.3 is 5.73 Å². The highest BCUT2D eigenvalue weighted by atomic mass is 32.2. The van der Waals surface area contributed by atoms with Crippen LogP contribution in [0.1, 0.15) is 5.56 Å². The van der Waals surface area contributed by atoms with Crippen LogP contribution in [0.25, 0.3) is 10.8 Å². The Morgan fingerprint density at radius 2 is 1.54 bits per heavy atom. The Morgan fingerprint density at radius 3 is 2.21 bits per heavy atom. The molecule has 122 valence electrons. The van der Waals surface area contributed by atoms with E-state index in [1.165, 1.54) is 12.1 Å². The summed E-state index contributed by atoms with van der Waals surface area (Å²) in [6.07, 6.45) is 0. The molecule has 0 aliphatic rings. The fourth-order valence-corrected chi connectivity index (χ4v) is 3.16. The van der Waals surface area contributed by atoms with E-state index in [1.54, 1.807) is 42.5 Å². The normalized spacial score (nSPS) is 12.1. The van der Waals surface area contributed by atoms with Gasteiger partial charge in [0, 0.05) is 16.5 Å². The van der Waals surface area contributed by atoms with Crippen molar-refractivity contribution in [2.45, 2.75) is 11.8 Å². The van der Waals surface area contributed by atoms with Crippen molar-refractivity contribution in [3.05, 3.63) is 60.2 Å². The largest absolute Gasteiger partial charge is 0.399 e. The second kappa shape index (κ2) is 6.03. The minimum absolute atomic E-state index is 0.152. The first-order valence-electron chi connectivity index (χ1n) is 7.13. The molecule has 0 aliphatic carbocycles. The second-order valence-corrected chi connectivity index (χ2v) is 6.74. The Labute approximate surface area is 139 Å². The average molecular weight is 341 g/mol. The minimum atomic E-state index is -4.31. The van der Waals surface area contributed by atoms with Gasteiger partial charge in [-0.3, -0.25) is 4.55 Å². The van der Waals surface area contributed by atoms with E-state index in [4.69, 9.17) is 5.73 Å². The van der Waals surface area contributed by atoms with Crippen LogP contribution in [0.4, 0.5) is 17.1 Å². The van der Waals surface area contributed by atoms with Crippen molar-refractivity contribution < 1.29 is 13.0 Å². The van der Waals surface area contributed by atoms with Gasteiger partial charge in [-0.2, -0.15) is 13.5 Å². The van der Waals surface area contributed by atoms with E-state index in [1.807, 2.05) is 6.92 Å². The van der Waals surface area contributed by atoms with Crippen LogP contribution >= 0.6 is 0 Å². The fourth-order valence-electron chi connectivity index (χ4n) is 2.47. The van der Waals surface area contributed by atoms with Crippen molar-refractivity contribution in [3.8, 4) is 0 Å². The third kappa shape index (κ3) is 3.12. The Hall–Kier alpha value is -2.77. The number of nitrogens with two attached hydrogens (primary N) is 1. The quantitative estimate of drug-likeness (QED) is 0.418. The molecule has 0 aliphatic heterocycles. The zero-order valence-electron chi connectivity index (χ0n) is 12.8. The molecule has 7 heteroatoms. The Bertz CT molecular complexity index is 1060. The molecule has 0 saturated carbocycles. The first-order chi connectivity index (χ1) is 11.4. The molecule has 3 N–H and O–H groups in total. The molecule has 24 heavy (non-hydrogen) atoms. The van der Waals surface area contributed by atoms with Gasteiger partial charge in [-0.15, -0.1) is 5.11 Å². The van der Waals surface area contributed by atoms with E-state index in [2.05, 4.69) is 10.2 Å². The van der Waals surface area contributed by atoms with E-state index in [-0.39, 0.29) is 4.90 Å². The highest BCUT2D eigenvalue weighted by molar-refractivity contribution is 7.86. The SMILES string of the molecule is Cc1cc(N)ccc1/N=N/c1ccc(S(=O)(=O)O)c2ccccc12. The zero-order chi connectivity index (χ0) is 17.3. The van der Waals surface area contributed by atoms with Gasteiger partial charge in [-0.05, 0) is 42.8 Å². The molecule has 0 saturated heterocycles. The number of hydrogen-bond donors (Lipinski definition) is 2. The molecular formula is C17H15N3O3S. The molecule has 0 fully saturated rings. The predicted molar refractivity (Wildman–Crippen MR) is 93.5 cm³/mol. The molecule has 0 atom stereocenters. The third-order valence-electron chi connectivity index (χ3n) is 3.63.